The fourth-order valence-corrected chi connectivity index (χ4v) is 3.99. The molecule has 1 aliphatic rings. The largest absolute Gasteiger partial charge is 0.352 e. The third kappa shape index (κ3) is 5.68. The number of nitrogens with one attached hydrogen (secondary N) is 1. The van der Waals surface area contributed by atoms with Crippen molar-refractivity contribution in [2.75, 3.05) is 19.6 Å². The van der Waals surface area contributed by atoms with Gasteiger partial charge in [0.25, 0.3) is 0 Å². The van der Waals surface area contributed by atoms with Gasteiger partial charge in [0.05, 0.1) is 5.92 Å². The van der Waals surface area contributed by atoms with Gasteiger partial charge in [-0.3, -0.25) is 4.79 Å². The van der Waals surface area contributed by atoms with E-state index in [2.05, 4.69) is 20.4 Å². The van der Waals surface area contributed by atoms with E-state index in [9.17, 15) is 9.18 Å². The van der Waals surface area contributed by atoms with Gasteiger partial charge < -0.3 is 14.7 Å². The Kier molecular flexibility index (Phi) is 6.94. The first kappa shape index (κ1) is 21.5. The van der Waals surface area contributed by atoms with E-state index < -0.39 is 0 Å². The number of piperidine rings is 1. The first-order valence-corrected chi connectivity index (χ1v) is 10.8. The number of hydrogen-bond donors (Lipinski definition) is 1. The minimum Gasteiger partial charge on any atom is -0.352 e. The lowest BCUT2D eigenvalue weighted by molar-refractivity contribution is -0.121. The second-order valence-electron chi connectivity index (χ2n) is 7.72. The van der Waals surface area contributed by atoms with E-state index in [4.69, 9.17) is 16.1 Å². The van der Waals surface area contributed by atoms with E-state index in [1.165, 1.54) is 12.1 Å². The Labute approximate surface area is 185 Å². The second-order valence-corrected chi connectivity index (χ2v) is 8.13. The molecule has 1 fully saturated rings. The highest BCUT2D eigenvalue weighted by Crippen LogP contribution is 2.27. The molecule has 0 spiro atoms. The molecule has 8 heteroatoms. The fraction of sp³-hybridized carbons (Fsp3) is 0.348. The monoisotopic (exact) mass is 442 g/mol. The maximum absolute atomic E-state index is 13.5. The quantitative estimate of drug-likeness (QED) is 0.586. The van der Waals surface area contributed by atoms with Crippen LogP contribution in [0.3, 0.4) is 0 Å². The molecule has 1 aliphatic heterocycles. The summed E-state index contributed by atoms with van der Waals surface area (Å²) in [5, 5.41) is 7.59. The van der Waals surface area contributed by atoms with Crippen LogP contribution in [0, 0.1) is 5.82 Å². The summed E-state index contributed by atoms with van der Waals surface area (Å²) in [4.78, 5) is 19.0. The van der Waals surface area contributed by atoms with Crippen molar-refractivity contribution in [1.82, 2.24) is 20.4 Å². The highest BCUT2D eigenvalue weighted by Gasteiger charge is 2.26. The van der Waals surface area contributed by atoms with Crippen LogP contribution in [0.5, 0.6) is 0 Å². The molecule has 31 heavy (non-hydrogen) atoms. The van der Waals surface area contributed by atoms with Gasteiger partial charge in [-0.05, 0) is 43.1 Å². The lowest BCUT2D eigenvalue weighted by Gasteiger charge is -2.30. The predicted molar refractivity (Wildman–Crippen MR) is 116 cm³/mol. The molecule has 1 atom stereocenters. The molecule has 3 aromatic rings. The van der Waals surface area contributed by atoms with Gasteiger partial charge in [0.2, 0.25) is 17.6 Å². The number of nitrogens with zero attached hydrogens (tertiary/aromatic N) is 3. The van der Waals surface area contributed by atoms with E-state index in [1.54, 1.807) is 12.1 Å². The Morgan fingerprint density at radius 3 is 2.97 bits per heavy atom. The maximum Gasteiger partial charge on any atom is 0.231 e. The van der Waals surface area contributed by atoms with Gasteiger partial charge >= 0.3 is 0 Å². The van der Waals surface area contributed by atoms with E-state index in [0.717, 1.165) is 31.5 Å². The summed E-state index contributed by atoms with van der Waals surface area (Å²) in [7, 11) is 0. The SMILES string of the molecule is O=C(CCN1CCCC(c2nc(-c3cccc(F)c3)no2)C1)NCc1ccccc1Cl. The zero-order chi connectivity index (χ0) is 21.6. The van der Waals surface area contributed by atoms with Crippen LogP contribution in [0.2, 0.25) is 5.02 Å². The summed E-state index contributed by atoms with van der Waals surface area (Å²) in [6.07, 6.45) is 2.35. The number of aromatic nitrogens is 2. The lowest BCUT2D eigenvalue weighted by atomic mass is 9.98. The zero-order valence-corrected chi connectivity index (χ0v) is 17.8. The summed E-state index contributed by atoms with van der Waals surface area (Å²) in [5.41, 5.74) is 1.50. The Balaban J connectivity index is 1.28. The van der Waals surface area contributed by atoms with Crippen LogP contribution in [0.4, 0.5) is 4.39 Å². The van der Waals surface area contributed by atoms with Crippen LogP contribution in [0.25, 0.3) is 11.4 Å². The summed E-state index contributed by atoms with van der Waals surface area (Å²) in [5.74, 6) is 0.723. The van der Waals surface area contributed by atoms with E-state index in [0.29, 0.717) is 41.8 Å². The van der Waals surface area contributed by atoms with Gasteiger partial charge in [-0.15, -0.1) is 0 Å². The molecule has 0 saturated carbocycles. The van der Waals surface area contributed by atoms with Crippen molar-refractivity contribution < 1.29 is 13.7 Å². The number of halogens is 2. The standard InChI is InChI=1S/C23H24ClFN4O2/c24-20-9-2-1-5-17(20)14-26-21(30)10-12-29-11-4-7-18(15-29)23-27-22(28-31-23)16-6-3-8-19(25)13-16/h1-3,5-6,8-9,13,18H,4,7,10-12,14-15H2,(H,26,30). The summed E-state index contributed by atoms with van der Waals surface area (Å²) in [6.45, 7) is 2.77. The zero-order valence-electron chi connectivity index (χ0n) is 17.1. The average Bonchev–Trinajstić information content (AvgIpc) is 3.28. The third-order valence-electron chi connectivity index (χ3n) is 5.47. The van der Waals surface area contributed by atoms with E-state index >= 15 is 0 Å². The Morgan fingerprint density at radius 2 is 2.13 bits per heavy atom. The Morgan fingerprint density at radius 1 is 1.26 bits per heavy atom. The van der Waals surface area contributed by atoms with Crippen LogP contribution in [0.15, 0.2) is 53.1 Å². The minimum atomic E-state index is -0.333. The van der Waals surface area contributed by atoms with Crippen molar-refractivity contribution in [2.24, 2.45) is 0 Å². The number of carbonyl (C=O) groups excluding carboxylic acids is 1. The molecule has 1 unspecified atom stereocenters. The number of amides is 1. The molecule has 162 valence electrons. The van der Waals surface area contributed by atoms with Gasteiger partial charge in [0, 0.05) is 36.6 Å². The van der Waals surface area contributed by atoms with Crippen LogP contribution in [-0.2, 0) is 11.3 Å². The van der Waals surface area contributed by atoms with E-state index in [-0.39, 0.29) is 17.6 Å². The smallest absolute Gasteiger partial charge is 0.231 e. The van der Waals surface area contributed by atoms with Gasteiger partial charge in [-0.1, -0.05) is 47.1 Å². The average molecular weight is 443 g/mol. The van der Waals surface area contributed by atoms with Crippen molar-refractivity contribution in [2.45, 2.75) is 31.7 Å². The van der Waals surface area contributed by atoms with Gasteiger partial charge in [-0.2, -0.15) is 4.98 Å². The molecular weight excluding hydrogens is 419 g/mol. The molecule has 1 N–H and O–H groups in total. The van der Waals surface area contributed by atoms with Gasteiger partial charge in [-0.25, -0.2) is 4.39 Å². The van der Waals surface area contributed by atoms with Gasteiger partial charge in [0.1, 0.15) is 5.82 Å². The molecule has 1 saturated heterocycles. The van der Waals surface area contributed by atoms with Crippen LogP contribution in [0.1, 0.15) is 36.6 Å². The highest BCUT2D eigenvalue weighted by atomic mass is 35.5. The number of likely N-dealkylation sites (tertiary alicyclic amines) is 1. The molecule has 0 bridgehead atoms. The van der Waals surface area contributed by atoms with Crippen LogP contribution >= 0.6 is 11.6 Å². The highest BCUT2D eigenvalue weighted by molar-refractivity contribution is 6.31. The molecule has 0 aliphatic carbocycles. The molecule has 0 radical (unpaired) electrons. The molecule has 2 aromatic carbocycles. The third-order valence-corrected chi connectivity index (χ3v) is 5.84. The first-order chi connectivity index (χ1) is 15.1. The summed E-state index contributed by atoms with van der Waals surface area (Å²) in [6, 6.07) is 13.6. The minimum absolute atomic E-state index is 0.00627. The maximum atomic E-state index is 13.5. The summed E-state index contributed by atoms with van der Waals surface area (Å²) < 4.78 is 18.9. The van der Waals surface area contributed by atoms with E-state index in [1.807, 2.05) is 24.3 Å². The molecular formula is C23H24ClFN4O2. The van der Waals surface area contributed by atoms with Gasteiger partial charge in [0.15, 0.2) is 0 Å². The molecule has 2 heterocycles. The summed E-state index contributed by atoms with van der Waals surface area (Å²) >= 11 is 6.13. The predicted octanol–water partition coefficient (Wildman–Crippen LogP) is 4.42. The molecule has 4 rings (SSSR count). The van der Waals surface area contributed by atoms with Crippen molar-refractivity contribution in [3.63, 3.8) is 0 Å². The van der Waals surface area contributed by atoms with Crippen molar-refractivity contribution in [3.05, 3.63) is 70.8 Å². The number of benzene rings is 2. The number of rotatable bonds is 7. The number of carbonyl (C=O) groups is 1. The molecule has 1 amide bonds. The van der Waals surface area contributed by atoms with Crippen molar-refractivity contribution in [1.29, 1.82) is 0 Å². The molecule has 1 aromatic heterocycles. The normalized spacial score (nSPS) is 16.9. The second kappa shape index (κ2) is 10.0. The van der Waals surface area contributed by atoms with Crippen LogP contribution in [-0.4, -0.2) is 40.6 Å². The Bertz CT molecular complexity index is 1040. The van der Waals surface area contributed by atoms with Crippen molar-refractivity contribution >= 4 is 17.5 Å². The number of hydrogen-bond acceptors (Lipinski definition) is 5. The first-order valence-electron chi connectivity index (χ1n) is 10.4. The topological polar surface area (TPSA) is 71.3 Å². The Hall–Kier alpha value is -2.77. The van der Waals surface area contributed by atoms with Crippen molar-refractivity contribution in [3.8, 4) is 11.4 Å². The fourth-order valence-electron chi connectivity index (χ4n) is 3.79. The molecule has 6 nitrogen and oxygen atoms in total. The van der Waals surface area contributed by atoms with Crippen LogP contribution < -0.4 is 5.32 Å². The lowest BCUT2D eigenvalue weighted by Crippen LogP contribution is -2.37.